The van der Waals surface area contributed by atoms with Crippen molar-refractivity contribution in [2.45, 2.75) is 32.7 Å². The SMILES string of the molecule is CCNC(C)(COCC(F)F)C(=O)OCC. The second-order valence-electron chi connectivity index (χ2n) is 3.49. The van der Waals surface area contributed by atoms with Crippen molar-refractivity contribution < 1.29 is 23.0 Å². The first kappa shape index (κ1) is 15.2. The van der Waals surface area contributed by atoms with Gasteiger partial charge in [-0.25, -0.2) is 13.6 Å². The number of carbonyl (C=O) groups excluding carboxylic acids is 1. The van der Waals surface area contributed by atoms with Crippen molar-refractivity contribution in [2.75, 3.05) is 26.4 Å². The van der Waals surface area contributed by atoms with Crippen LogP contribution < -0.4 is 5.32 Å². The van der Waals surface area contributed by atoms with Gasteiger partial charge in [-0.1, -0.05) is 6.92 Å². The van der Waals surface area contributed by atoms with Crippen LogP contribution in [0, 0.1) is 0 Å². The molecule has 0 aliphatic rings. The summed E-state index contributed by atoms with van der Waals surface area (Å²) < 4.78 is 33.4. The Morgan fingerprint density at radius 3 is 2.50 bits per heavy atom. The van der Waals surface area contributed by atoms with Crippen molar-refractivity contribution in [3.63, 3.8) is 0 Å². The first-order valence-electron chi connectivity index (χ1n) is 5.24. The normalized spacial score (nSPS) is 14.9. The zero-order valence-corrected chi connectivity index (χ0v) is 9.89. The highest BCUT2D eigenvalue weighted by atomic mass is 19.3. The van der Waals surface area contributed by atoms with Gasteiger partial charge >= 0.3 is 5.97 Å². The zero-order chi connectivity index (χ0) is 12.6. The Kier molecular flexibility index (Phi) is 7.16. The molecule has 0 heterocycles. The van der Waals surface area contributed by atoms with Crippen molar-refractivity contribution in [1.29, 1.82) is 0 Å². The second-order valence-corrected chi connectivity index (χ2v) is 3.49. The zero-order valence-electron chi connectivity index (χ0n) is 9.89. The molecule has 1 N–H and O–H groups in total. The summed E-state index contributed by atoms with van der Waals surface area (Å²) in [6.45, 7) is 5.02. The number of hydrogen-bond donors (Lipinski definition) is 1. The number of hydrogen-bond acceptors (Lipinski definition) is 4. The molecule has 0 aromatic heterocycles. The molecule has 16 heavy (non-hydrogen) atoms. The predicted molar refractivity (Wildman–Crippen MR) is 55.5 cm³/mol. The van der Waals surface area contributed by atoms with Crippen LogP contribution in [0.5, 0.6) is 0 Å². The number of ether oxygens (including phenoxy) is 2. The van der Waals surface area contributed by atoms with Gasteiger partial charge in [0.2, 0.25) is 0 Å². The minimum atomic E-state index is -2.53. The third-order valence-electron chi connectivity index (χ3n) is 1.93. The van der Waals surface area contributed by atoms with Gasteiger partial charge < -0.3 is 14.8 Å². The van der Waals surface area contributed by atoms with Crippen LogP contribution in [-0.2, 0) is 14.3 Å². The van der Waals surface area contributed by atoms with E-state index in [0.29, 0.717) is 6.54 Å². The molecule has 96 valence electrons. The molecule has 4 nitrogen and oxygen atoms in total. The summed E-state index contributed by atoms with van der Waals surface area (Å²) in [7, 11) is 0. The molecule has 6 heteroatoms. The van der Waals surface area contributed by atoms with Gasteiger partial charge in [-0.05, 0) is 20.4 Å². The molecule has 1 atom stereocenters. The molecule has 0 bridgehead atoms. The maximum absolute atomic E-state index is 11.9. The van der Waals surface area contributed by atoms with Crippen LogP contribution in [0.1, 0.15) is 20.8 Å². The molecule has 0 rings (SSSR count). The number of alkyl halides is 2. The van der Waals surface area contributed by atoms with E-state index in [-0.39, 0.29) is 13.2 Å². The number of esters is 1. The third-order valence-corrected chi connectivity index (χ3v) is 1.93. The van der Waals surface area contributed by atoms with Crippen LogP contribution in [0.4, 0.5) is 8.78 Å². The van der Waals surface area contributed by atoms with Crippen LogP contribution in [-0.4, -0.2) is 44.3 Å². The number of halogens is 2. The van der Waals surface area contributed by atoms with E-state index in [1.807, 2.05) is 6.92 Å². The smallest absolute Gasteiger partial charge is 0.328 e. The topological polar surface area (TPSA) is 47.6 Å². The largest absolute Gasteiger partial charge is 0.465 e. The van der Waals surface area contributed by atoms with Crippen LogP contribution in [0.2, 0.25) is 0 Å². The van der Waals surface area contributed by atoms with Gasteiger partial charge in [-0.2, -0.15) is 0 Å². The van der Waals surface area contributed by atoms with E-state index in [4.69, 9.17) is 9.47 Å². The minimum Gasteiger partial charge on any atom is -0.465 e. The summed E-state index contributed by atoms with van der Waals surface area (Å²) >= 11 is 0. The summed E-state index contributed by atoms with van der Waals surface area (Å²) in [5.41, 5.74) is -1.07. The quantitative estimate of drug-likeness (QED) is 0.646. The van der Waals surface area contributed by atoms with E-state index in [1.165, 1.54) is 0 Å². The lowest BCUT2D eigenvalue weighted by atomic mass is 10.0. The van der Waals surface area contributed by atoms with Crippen molar-refractivity contribution in [2.24, 2.45) is 0 Å². The molecule has 0 saturated carbocycles. The standard InChI is InChI=1S/C10H19F2NO3/c1-4-13-10(3,9(14)16-5-2)7-15-6-8(11)12/h8,13H,4-7H2,1-3H3. The average Bonchev–Trinajstić information content (AvgIpc) is 2.17. The van der Waals surface area contributed by atoms with E-state index >= 15 is 0 Å². The molecule has 1 unspecified atom stereocenters. The number of likely N-dealkylation sites (N-methyl/N-ethyl adjacent to an activating group) is 1. The Hall–Kier alpha value is -0.750. The minimum absolute atomic E-state index is 0.135. The molecule has 0 radical (unpaired) electrons. The molecule has 0 aliphatic heterocycles. The molecule has 0 fully saturated rings. The Labute approximate surface area is 94.3 Å². The van der Waals surface area contributed by atoms with E-state index < -0.39 is 24.5 Å². The summed E-state index contributed by atoms with van der Waals surface area (Å²) in [6, 6.07) is 0. The van der Waals surface area contributed by atoms with Crippen LogP contribution in [0.15, 0.2) is 0 Å². The maximum Gasteiger partial charge on any atom is 0.328 e. The monoisotopic (exact) mass is 239 g/mol. The van der Waals surface area contributed by atoms with Gasteiger partial charge in [-0.3, -0.25) is 0 Å². The summed E-state index contributed by atoms with van der Waals surface area (Å²) in [5, 5.41) is 2.87. The maximum atomic E-state index is 11.9. The second kappa shape index (κ2) is 7.51. The molecule has 0 saturated heterocycles. The van der Waals surface area contributed by atoms with Gasteiger partial charge in [0.05, 0.1) is 13.2 Å². The highest BCUT2D eigenvalue weighted by Crippen LogP contribution is 2.08. The predicted octanol–water partition coefficient (Wildman–Crippen LogP) is 1.20. The number of carbonyl (C=O) groups is 1. The van der Waals surface area contributed by atoms with Gasteiger partial charge in [-0.15, -0.1) is 0 Å². The fourth-order valence-electron chi connectivity index (χ4n) is 1.21. The van der Waals surface area contributed by atoms with Crippen molar-refractivity contribution in [3.05, 3.63) is 0 Å². The molecule has 0 amide bonds. The Morgan fingerprint density at radius 1 is 1.44 bits per heavy atom. The first-order valence-corrected chi connectivity index (χ1v) is 5.24. The lowest BCUT2D eigenvalue weighted by molar-refractivity contribution is -0.154. The molecule has 0 aliphatic carbocycles. The van der Waals surface area contributed by atoms with Crippen molar-refractivity contribution in [1.82, 2.24) is 5.32 Å². The highest BCUT2D eigenvalue weighted by molar-refractivity contribution is 5.80. The van der Waals surface area contributed by atoms with E-state index in [1.54, 1.807) is 13.8 Å². The van der Waals surface area contributed by atoms with Crippen molar-refractivity contribution in [3.8, 4) is 0 Å². The molecule has 0 aromatic rings. The fourth-order valence-corrected chi connectivity index (χ4v) is 1.21. The van der Waals surface area contributed by atoms with E-state index in [0.717, 1.165) is 0 Å². The molecular formula is C10H19F2NO3. The Morgan fingerprint density at radius 2 is 2.06 bits per heavy atom. The van der Waals surface area contributed by atoms with Crippen LogP contribution in [0.3, 0.4) is 0 Å². The number of rotatable bonds is 8. The molecule has 0 spiro atoms. The van der Waals surface area contributed by atoms with E-state index in [2.05, 4.69) is 5.32 Å². The Balaban J connectivity index is 4.26. The van der Waals surface area contributed by atoms with Crippen molar-refractivity contribution >= 4 is 5.97 Å². The van der Waals surface area contributed by atoms with Gasteiger partial charge in [0.1, 0.15) is 12.1 Å². The summed E-state index contributed by atoms with van der Waals surface area (Å²) in [6.07, 6.45) is -2.53. The van der Waals surface area contributed by atoms with Gasteiger partial charge in [0.25, 0.3) is 6.43 Å². The summed E-state index contributed by atoms with van der Waals surface area (Å²) in [4.78, 5) is 11.6. The fraction of sp³-hybridized carbons (Fsp3) is 0.900. The lowest BCUT2D eigenvalue weighted by Crippen LogP contribution is -2.54. The van der Waals surface area contributed by atoms with E-state index in [9.17, 15) is 13.6 Å². The molecular weight excluding hydrogens is 220 g/mol. The Bertz CT molecular complexity index is 214. The molecule has 0 aromatic carbocycles. The van der Waals surface area contributed by atoms with Gasteiger partial charge in [0.15, 0.2) is 0 Å². The third kappa shape index (κ3) is 5.37. The van der Waals surface area contributed by atoms with Gasteiger partial charge in [0, 0.05) is 0 Å². The lowest BCUT2D eigenvalue weighted by Gasteiger charge is -2.27. The van der Waals surface area contributed by atoms with Crippen LogP contribution >= 0.6 is 0 Å². The highest BCUT2D eigenvalue weighted by Gasteiger charge is 2.34. The summed E-state index contributed by atoms with van der Waals surface area (Å²) in [5.74, 6) is -0.494. The number of nitrogens with one attached hydrogen (secondary N) is 1. The average molecular weight is 239 g/mol. The first-order chi connectivity index (χ1) is 7.46. The van der Waals surface area contributed by atoms with Crippen LogP contribution in [0.25, 0.3) is 0 Å².